The molecule has 0 spiro atoms. The van der Waals surface area contributed by atoms with Crippen molar-refractivity contribution in [2.24, 2.45) is 0 Å². The van der Waals surface area contributed by atoms with Crippen LogP contribution in [0.1, 0.15) is 5.56 Å². The lowest BCUT2D eigenvalue weighted by Gasteiger charge is -1.99. The number of aromatic nitrogens is 1. The van der Waals surface area contributed by atoms with Gasteiger partial charge in [0.05, 0.1) is 6.20 Å². The highest BCUT2D eigenvalue weighted by Gasteiger charge is 2.02. The number of nitrogens with zero attached hydrogens (tertiary/aromatic N) is 1. The summed E-state index contributed by atoms with van der Waals surface area (Å²) >= 11 is 0. The number of oxazole rings is 1. The Morgan fingerprint density at radius 2 is 2.07 bits per heavy atom. The van der Waals surface area contributed by atoms with Gasteiger partial charge in [-0.2, -0.15) is 0 Å². The van der Waals surface area contributed by atoms with Gasteiger partial charge >= 0.3 is 0 Å². The molecule has 75 valence electrons. The zero-order valence-electron chi connectivity index (χ0n) is 7.98. The summed E-state index contributed by atoms with van der Waals surface area (Å²) in [7, 11) is 0. The summed E-state index contributed by atoms with van der Waals surface area (Å²) in [5.41, 5.74) is 1.38. The predicted molar refractivity (Wildman–Crippen MR) is 56.4 cm³/mol. The van der Waals surface area contributed by atoms with Crippen LogP contribution in [0, 0.1) is 6.92 Å². The van der Waals surface area contributed by atoms with Gasteiger partial charge in [0.1, 0.15) is 5.83 Å². The van der Waals surface area contributed by atoms with Gasteiger partial charge in [-0.25, -0.2) is 9.37 Å². The quantitative estimate of drug-likeness (QED) is 0.745. The van der Waals surface area contributed by atoms with Crippen LogP contribution in [0.25, 0.3) is 17.2 Å². The first-order valence-corrected chi connectivity index (χ1v) is 4.45. The first-order chi connectivity index (χ1) is 7.31. The maximum Gasteiger partial charge on any atom is 0.181 e. The second-order valence-corrected chi connectivity index (χ2v) is 3.00. The molecule has 2 aromatic rings. The van der Waals surface area contributed by atoms with Crippen LogP contribution in [0.5, 0.6) is 0 Å². The monoisotopic (exact) mass is 202 g/mol. The van der Waals surface area contributed by atoms with E-state index in [9.17, 15) is 4.39 Å². The van der Waals surface area contributed by atoms with Crippen LogP contribution < -0.4 is 0 Å². The molecule has 0 saturated carbocycles. The van der Waals surface area contributed by atoms with Crippen molar-refractivity contribution in [2.45, 2.75) is 0 Å². The first-order valence-electron chi connectivity index (χ1n) is 4.45. The largest absolute Gasteiger partial charge is 0.444 e. The van der Waals surface area contributed by atoms with Crippen molar-refractivity contribution in [3.63, 3.8) is 0 Å². The van der Waals surface area contributed by atoms with Crippen molar-refractivity contribution < 1.29 is 8.81 Å². The third-order valence-electron chi connectivity index (χ3n) is 2.06. The molecular formula is C12H9FNO. The van der Waals surface area contributed by atoms with E-state index in [0.717, 1.165) is 5.56 Å². The molecule has 2 rings (SSSR count). The second-order valence-electron chi connectivity index (χ2n) is 3.00. The third kappa shape index (κ3) is 1.96. The molecule has 1 aromatic heterocycles. The van der Waals surface area contributed by atoms with Crippen LogP contribution in [-0.4, -0.2) is 4.98 Å². The van der Waals surface area contributed by atoms with Crippen LogP contribution in [0.4, 0.5) is 4.39 Å². The zero-order chi connectivity index (χ0) is 10.7. The lowest BCUT2D eigenvalue weighted by molar-refractivity contribution is 0.572. The van der Waals surface area contributed by atoms with Crippen molar-refractivity contribution in [1.82, 2.24) is 4.98 Å². The van der Waals surface area contributed by atoms with Crippen LogP contribution >= 0.6 is 0 Å². The van der Waals surface area contributed by atoms with Crippen molar-refractivity contribution >= 4 is 5.83 Å². The highest BCUT2D eigenvalue weighted by molar-refractivity contribution is 5.64. The van der Waals surface area contributed by atoms with Gasteiger partial charge in [0.15, 0.2) is 12.2 Å². The smallest absolute Gasteiger partial charge is 0.181 e. The summed E-state index contributed by atoms with van der Waals surface area (Å²) < 4.78 is 18.2. The fourth-order valence-corrected chi connectivity index (χ4v) is 1.27. The van der Waals surface area contributed by atoms with Gasteiger partial charge in [-0.15, -0.1) is 0 Å². The molecule has 0 unspecified atom stereocenters. The Morgan fingerprint density at radius 3 is 2.60 bits per heavy atom. The topological polar surface area (TPSA) is 26.0 Å². The summed E-state index contributed by atoms with van der Waals surface area (Å²) in [6.45, 7) is 3.37. The molecule has 1 heterocycles. The SMILES string of the molecule is [CH2]/C=C(/F)c1ccc(-c2cnco2)cc1. The summed E-state index contributed by atoms with van der Waals surface area (Å²) in [5, 5.41) is 0. The highest BCUT2D eigenvalue weighted by Crippen LogP contribution is 2.22. The number of halogens is 1. The normalized spacial score (nSPS) is 11.7. The molecule has 1 aromatic carbocycles. The van der Waals surface area contributed by atoms with Crippen molar-refractivity contribution in [3.8, 4) is 11.3 Å². The zero-order valence-corrected chi connectivity index (χ0v) is 7.98. The summed E-state index contributed by atoms with van der Waals surface area (Å²) in [5.74, 6) is 0.333. The summed E-state index contributed by atoms with van der Waals surface area (Å²) in [6, 6.07) is 6.90. The second kappa shape index (κ2) is 4.09. The van der Waals surface area contributed by atoms with Gasteiger partial charge in [0.25, 0.3) is 0 Å². The van der Waals surface area contributed by atoms with Crippen LogP contribution in [0.3, 0.4) is 0 Å². The average Bonchev–Trinajstić information content (AvgIpc) is 2.82. The molecule has 0 amide bonds. The van der Waals surface area contributed by atoms with Gasteiger partial charge in [-0.1, -0.05) is 24.3 Å². The molecule has 2 nitrogen and oxygen atoms in total. The fraction of sp³-hybridized carbons (Fsp3) is 0. The Hall–Kier alpha value is -1.90. The Kier molecular flexibility index (Phi) is 2.63. The number of hydrogen-bond donors (Lipinski definition) is 0. The van der Waals surface area contributed by atoms with E-state index in [1.54, 1.807) is 30.5 Å². The minimum atomic E-state index is -0.334. The van der Waals surface area contributed by atoms with Crippen LogP contribution in [-0.2, 0) is 0 Å². The Balaban J connectivity index is 2.33. The van der Waals surface area contributed by atoms with Gasteiger partial charge in [0, 0.05) is 11.1 Å². The number of hydrogen-bond acceptors (Lipinski definition) is 2. The molecule has 0 N–H and O–H groups in total. The lowest BCUT2D eigenvalue weighted by Crippen LogP contribution is -1.79. The Labute approximate surface area is 87.1 Å². The fourth-order valence-electron chi connectivity index (χ4n) is 1.27. The van der Waals surface area contributed by atoms with Crippen molar-refractivity contribution in [2.75, 3.05) is 0 Å². The van der Waals surface area contributed by atoms with E-state index in [1.165, 1.54) is 12.5 Å². The van der Waals surface area contributed by atoms with E-state index in [1.807, 2.05) is 0 Å². The van der Waals surface area contributed by atoms with Gasteiger partial charge in [0.2, 0.25) is 0 Å². The van der Waals surface area contributed by atoms with E-state index >= 15 is 0 Å². The molecule has 0 bridgehead atoms. The maximum atomic E-state index is 13.1. The Bertz CT molecular complexity index is 457. The number of benzene rings is 1. The number of allylic oxidation sites excluding steroid dienone is 1. The molecule has 0 aliphatic carbocycles. The van der Waals surface area contributed by atoms with E-state index in [2.05, 4.69) is 11.9 Å². The molecule has 0 saturated heterocycles. The van der Waals surface area contributed by atoms with Gasteiger partial charge in [-0.3, -0.25) is 0 Å². The minimum absolute atomic E-state index is 0.334. The maximum absolute atomic E-state index is 13.1. The van der Waals surface area contributed by atoms with E-state index in [4.69, 9.17) is 4.42 Å². The lowest BCUT2D eigenvalue weighted by atomic mass is 10.1. The average molecular weight is 202 g/mol. The van der Waals surface area contributed by atoms with Crippen LogP contribution in [0.15, 0.2) is 47.3 Å². The molecule has 15 heavy (non-hydrogen) atoms. The molecule has 1 radical (unpaired) electrons. The molecular weight excluding hydrogens is 193 g/mol. The summed E-state index contributed by atoms with van der Waals surface area (Å²) in [6.07, 6.45) is 4.16. The molecule has 0 aliphatic rings. The molecule has 0 atom stereocenters. The minimum Gasteiger partial charge on any atom is -0.444 e. The van der Waals surface area contributed by atoms with Crippen LogP contribution in [0.2, 0.25) is 0 Å². The number of rotatable bonds is 2. The highest BCUT2D eigenvalue weighted by atomic mass is 19.1. The third-order valence-corrected chi connectivity index (χ3v) is 2.06. The standard InChI is InChI=1S/C12H9FNO/c1-2-11(13)9-3-5-10(6-4-9)12-7-14-8-15-12/h2-8H,1H2/b11-2+. The van der Waals surface area contributed by atoms with Crippen molar-refractivity contribution in [3.05, 3.63) is 55.4 Å². The molecule has 3 heteroatoms. The van der Waals surface area contributed by atoms with E-state index < -0.39 is 0 Å². The van der Waals surface area contributed by atoms with Gasteiger partial charge in [-0.05, 0) is 13.0 Å². The van der Waals surface area contributed by atoms with E-state index in [-0.39, 0.29) is 5.83 Å². The molecule has 0 aliphatic heterocycles. The van der Waals surface area contributed by atoms with Crippen molar-refractivity contribution in [1.29, 1.82) is 0 Å². The van der Waals surface area contributed by atoms with E-state index in [0.29, 0.717) is 11.3 Å². The summed E-state index contributed by atoms with van der Waals surface area (Å²) in [4.78, 5) is 3.81. The Morgan fingerprint density at radius 1 is 1.33 bits per heavy atom. The molecule has 0 fully saturated rings. The van der Waals surface area contributed by atoms with Gasteiger partial charge < -0.3 is 4.42 Å². The predicted octanol–water partition coefficient (Wildman–Crippen LogP) is 3.49. The first kappa shape index (κ1) is 9.65.